The number of piperidine rings is 1. The van der Waals surface area contributed by atoms with E-state index in [1.54, 1.807) is 4.90 Å². The van der Waals surface area contributed by atoms with E-state index in [0.717, 1.165) is 10.9 Å². The number of aromatic nitrogens is 1. The standard InChI is InChI=1S/C18H22N2O3/c1-11(2)13-3-4-14-10-16(19-15(14)9-13)17(21)20-7-5-12(6-8-20)18(22)23/h3-4,9-12,19H,5-8H2,1-2H3,(H,22,23). The van der Waals surface area contributed by atoms with Crippen LogP contribution in [0.1, 0.15) is 48.7 Å². The Hall–Kier alpha value is -2.30. The third-order valence-electron chi connectivity index (χ3n) is 4.68. The van der Waals surface area contributed by atoms with E-state index in [0.29, 0.717) is 37.5 Å². The minimum atomic E-state index is -0.760. The number of fused-ring (bicyclic) bond motifs is 1. The Kier molecular flexibility index (Phi) is 4.11. The van der Waals surface area contributed by atoms with Crippen LogP contribution in [0.4, 0.5) is 0 Å². The maximum Gasteiger partial charge on any atom is 0.306 e. The second kappa shape index (κ2) is 6.07. The summed E-state index contributed by atoms with van der Waals surface area (Å²) >= 11 is 0. The molecule has 1 aromatic carbocycles. The molecule has 3 rings (SSSR count). The van der Waals surface area contributed by atoms with Gasteiger partial charge in [0, 0.05) is 24.0 Å². The zero-order valence-electron chi connectivity index (χ0n) is 13.5. The van der Waals surface area contributed by atoms with Gasteiger partial charge in [0.25, 0.3) is 5.91 Å². The molecule has 0 saturated carbocycles. The van der Waals surface area contributed by atoms with Crippen LogP contribution in [0, 0.1) is 5.92 Å². The normalized spacial score (nSPS) is 16.2. The number of amides is 1. The molecule has 1 aromatic heterocycles. The van der Waals surface area contributed by atoms with E-state index >= 15 is 0 Å². The van der Waals surface area contributed by atoms with Crippen molar-refractivity contribution in [1.82, 2.24) is 9.88 Å². The van der Waals surface area contributed by atoms with Crippen molar-refractivity contribution in [3.05, 3.63) is 35.5 Å². The van der Waals surface area contributed by atoms with Crippen molar-refractivity contribution < 1.29 is 14.7 Å². The van der Waals surface area contributed by atoms with Gasteiger partial charge in [-0.05, 0) is 36.5 Å². The maximum atomic E-state index is 12.6. The van der Waals surface area contributed by atoms with E-state index in [1.165, 1.54) is 5.56 Å². The molecule has 0 aliphatic carbocycles. The van der Waals surface area contributed by atoms with Crippen LogP contribution >= 0.6 is 0 Å². The Morgan fingerprint density at radius 3 is 2.52 bits per heavy atom. The second-order valence-corrected chi connectivity index (χ2v) is 6.59. The molecular formula is C18H22N2O3. The predicted molar refractivity (Wildman–Crippen MR) is 88.7 cm³/mol. The minimum Gasteiger partial charge on any atom is -0.481 e. The van der Waals surface area contributed by atoms with Gasteiger partial charge in [-0.2, -0.15) is 0 Å². The topological polar surface area (TPSA) is 73.4 Å². The zero-order valence-corrected chi connectivity index (χ0v) is 13.5. The summed E-state index contributed by atoms with van der Waals surface area (Å²) in [7, 11) is 0. The predicted octanol–water partition coefficient (Wildman–Crippen LogP) is 3.23. The number of likely N-dealkylation sites (tertiary alicyclic amines) is 1. The summed E-state index contributed by atoms with van der Waals surface area (Å²) < 4.78 is 0. The molecule has 0 radical (unpaired) electrons. The Morgan fingerprint density at radius 1 is 1.22 bits per heavy atom. The summed E-state index contributed by atoms with van der Waals surface area (Å²) in [5.74, 6) is -0.688. The zero-order chi connectivity index (χ0) is 16.6. The third kappa shape index (κ3) is 3.09. The first-order valence-corrected chi connectivity index (χ1v) is 8.10. The van der Waals surface area contributed by atoms with Crippen LogP contribution in [0.2, 0.25) is 0 Å². The van der Waals surface area contributed by atoms with Gasteiger partial charge in [-0.15, -0.1) is 0 Å². The smallest absolute Gasteiger partial charge is 0.306 e. The fraction of sp³-hybridized carbons (Fsp3) is 0.444. The van der Waals surface area contributed by atoms with Gasteiger partial charge in [-0.25, -0.2) is 0 Å². The monoisotopic (exact) mass is 314 g/mol. The number of aromatic amines is 1. The van der Waals surface area contributed by atoms with Gasteiger partial charge >= 0.3 is 5.97 Å². The van der Waals surface area contributed by atoms with Gasteiger partial charge in [0.05, 0.1) is 5.92 Å². The molecule has 1 amide bonds. The molecule has 5 heteroatoms. The number of rotatable bonds is 3. The Labute approximate surface area is 135 Å². The Balaban J connectivity index is 1.77. The molecular weight excluding hydrogens is 292 g/mol. The summed E-state index contributed by atoms with van der Waals surface area (Å²) in [6, 6.07) is 8.10. The lowest BCUT2D eigenvalue weighted by Crippen LogP contribution is -2.40. The third-order valence-corrected chi connectivity index (χ3v) is 4.68. The molecule has 0 atom stereocenters. The molecule has 1 aliphatic rings. The highest BCUT2D eigenvalue weighted by Crippen LogP contribution is 2.24. The highest BCUT2D eigenvalue weighted by atomic mass is 16.4. The van der Waals surface area contributed by atoms with Crippen molar-refractivity contribution in [1.29, 1.82) is 0 Å². The lowest BCUT2D eigenvalue weighted by atomic mass is 9.97. The quantitative estimate of drug-likeness (QED) is 0.913. The van der Waals surface area contributed by atoms with Crippen molar-refractivity contribution in [2.24, 2.45) is 5.92 Å². The van der Waals surface area contributed by atoms with Gasteiger partial charge in [0.15, 0.2) is 0 Å². The van der Waals surface area contributed by atoms with Crippen LogP contribution in [-0.4, -0.2) is 40.0 Å². The van der Waals surface area contributed by atoms with Crippen LogP contribution in [0.3, 0.4) is 0 Å². The molecule has 2 heterocycles. The SMILES string of the molecule is CC(C)c1ccc2cc(C(=O)N3CCC(C(=O)O)CC3)[nH]c2c1. The molecule has 2 N–H and O–H groups in total. The van der Waals surface area contributed by atoms with Crippen molar-refractivity contribution in [3.8, 4) is 0 Å². The van der Waals surface area contributed by atoms with E-state index in [1.807, 2.05) is 12.1 Å². The van der Waals surface area contributed by atoms with E-state index < -0.39 is 5.97 Å². The van der Waals surface area contributed by atoms with E-state index in [2.05, 4.69) is 31.0 Å². The Morgan fingerprint density at radius 2 is 1.91 bits per heavy atom. The van der Waals surface area contributed by atoms with E-state index in [4.69, 9.17) is 5.11 Å². The summed E-state index contributed by atoms with van der Waals surface area (Å²) in [5, 5.41) is 10.1. The van der Waals surface area contributed by atoms with Gasteiger partial charge in [-0.3, -0.25) is 9.59 Å². The minimum absolute atomic E-state index is 0.0452. The molecule has 1 aliphatic heterocycles. The van der Waals surface area contributed by atoms with Gasteiger partial charge in [-0.1, -0.05) is 26.0 Å². The number of aliphatic carboxylic acids is 1. The molecule has 0 unspecified atom stereocenters. The number of nitrogens with one attached hydrogen (secondary N) is 1. The number of benzene rings is 1. The molecule has 23 heavy (non-hydrogen) atoms. The first-order valence-electron chi connectivity index (χ1n) is 8.10. The van der Waals surface area contributed by atoms with Crippen LogP contribution in [0.25, 0.3) is 10.9 Å². The number of H-pyrrole nitrogens is 1. The fourth-order valence-electron chi connectivity index (χ4n) is 3.12. The molecule has 0 spiro atoms. The average molecular weight is 314 g/mol. The van der Waals surface area contributed by atoms with Crippen molar-refractivity contribution in [2.45, 2.75) is 32.6 Å². The first kappa shape index (κ1) is 15.6. The van der Waals surface area contributed by atoms with Crippen molar-refractivity contribution in [2.75, 3.05) is 13.1 Å². The summed E-state index contributed by atoms with van der Waals surface area (Å²) in [6.45, 7) is 5.29. The number of hydrogen-bond donors (Lipinski definition) is 2. The van der Waals surface area contributed by atoms with Crippen molar-refractivity contribution in [3.63, 3.8) is 0 Å². The highest BCUT2D eigenvalue weighted by molar-refractivity contribution is 5.98. The number of carboxylic acids is 1. The largest absolute Gasteiger partial charge is 0.481 e. The van der Waals surface area contributed by atoms with Crippen LogP contribution in [-0.2, 0) is 4.79 Å². The molecule has 1 saturated heterocycles. The van der Waals surface area contributed by atoms with E-state index in [-0.39, 0.29) is 11.8 Å². The molecule has 1 fully saturated rings. The van der Waals surface area contributed by atoms with Crippen LogP contribution in [0.15, 0.2) is 24.3 Å². The first-order chi connectivity index (χ1) is 11.0. The van der Waals surface area contributed by atoms with Crippen LogP contribution < -0.4 is 0 Å². The second-order valence-electron chi connectivity index (χ2n) is 6.59. The fourth-order valence-corrected chi connectivity index (χ4v) is 3.12. The van der Waals surface area contributed by atoms with E-state index in [9.17, 15) is 9.59 Å². The van der Waals surface area contributed by atoms with Gasteiger partial charge in [0.2, 0.25) is 0 Å². The molecule has 5 nitrogen and oxygen atoms in total. The molecule has 122 valence electrons. The van der Waals surface area contributed by atoms with Crippen molar-refractivity contribution >= 4 is 22.8 Å². The Bertz CT molecular complexity index is 740. The number of nitrogens with zero attached hydrogens (tertiary/aromatic N) is 1. The maximum absolute atomic E-state index is 12.6. The molecule has 2 aromatic rings. The summed E-state index contributed by atoms with van der Waals surface area (Å²) in [6.07, 6.45) is 1.05. The number of carbonyl (C=O) groups excluding carboxylic acids is 1. The lowest BCUT2D eigenvalue weighted by molar-refractivity contribution is -0.143. The molecule has 0 bridgehead atoms. The number of carboxylic acid groups (broad SMARTS) is 1. The average Bonchev–Trinajstić information content (AvgIpc) is 2.97. The highest BCUT2D eigenvalue weighted by Gasteiger charge is 2.28. The number of hydrogen-bond acceptors (Lipinski definition) is 2. The van der Waals surface area contributed by atoms with Gasteiger partial charge in [0.1, 0.15) is 5.69 Å². The summed E-state index contributed by atoms with van der Waals surface area (Å²) in [4.78, 5) is 28.6. The lowest BCUT2D eigenvalue weighted by Gasteiger charge is -2.29. The summed E-state index contributed by atoms with van der Waals surface area (Å²) in [5.41, 5.74) is 2.79. The van der Waals surface area contributed by atoms with Gasteiger partial charge < -0.3 is 15.0 Å². The number of carbonyl (C=O) groups is 2. The van der Waals surface area contributed by atoms with Crippen LogP contribution in [0.5, 0.6) is 0 Å².